The summed E-state index contributed by atoms with van der Waals surface area (Å²) in [4.78, 5) is 18.8. The number of carbonyl (C=O) groups excluding carboxylic acids is 1. The van der Waals surface area contributed by atoms with Gasteiger partial charge in [0, 0.05) is 5.56 Å². The maximum absolute atomic E-state index is 11.2. The highest BCUT2D eigenvalue weighted by Crippen LogP contribution is 2.23. The molecule has 0 aliphatic rings. The number of hydrogen-bond donors (Lipinski definition) is 0. The summed E-state index contributed by atoms with van der Waals surface area (Å²) in [7, 11) is 1.34. The first kappa shape index (κ1) is 12.2. The van der Waals surface area contributed by atoms with Gasteiger partial charge in [-0.25, -0.2) is 9.97 Å². The van der Waals surface area contributed by atoms with Crippen LogP contribution >= 0.6 is 23.2 Å². The number of aromatic nitrogens is 2. The first-order valence-corrected chi connectivity index (χ1v) is 5.04. The summed E-state index contributed by atoms with van der Waals surface area (Å²) in [5.74, 6) is -0.637. The molecule has 0 saturated carbocycles. The number of rotatable bonds is 3. The van der Waals surface area contributed by atoms with E-state index in [1.165, 1.54) is 13.4 Å². The van der Waals surface area contributed by atoms with Gasteiger partial charge in [0.1, 0.15) is 16.6 Å². The number of halogens is 2. The van der Waals surface area contributed by atoms with Crippen LogP contribution in [0.4, 0.5) is 0 Å². The van der Waals surface area contributed by atoms with E-state index < -0.39 is 0 Å². The smallest absolute Gasteiger partial charge is 0.308 e. The predicted octanol–water partition coefficient (Wildman–Crippen LogP) is 2.13. The molecule has 0 radical (unpaired) electrons. The van der Waals surface area contributed by atoms with Gasteiger partial charge in [-0.1, -0.05) is 30.1 Å². The van der Waals surface area contributed by atoms with Crippen molar-refractivity contribution in [3.8, 4) is 0 Å². The highest BCUT2D eigenvalue weighted by atomic mass is 35.5. The molecular weight excluding hydrogens is 239 g/mol. The van der Waals surface area contributed by atoms with E-state index in [0.717, 1.165) is 0 Å². The van der Waals surface area contributed by atoms with E-state index in [0.29, 0.717) is 12.0 Å². The van der Waals surface area contributed by atoms with Crippen LogP contribution in [0, 0.1) is 5.92 Å². The Bertz CT molecular complexity index is 351. The molecule has 6 heteroatoms. The van der Waals surface area contributed by atoms with Gasteiger partial charge in [0.25, 0.3) is 0 Å². The van der Waals surface area contributed by atoms with Crippen LogP contribution in [0.2, 0.25) is 10.3 Å². The third kappa shape index (κ3) is 3.04. The Morgan fingerprint density at radius 3 is 2.47 bits per heavy atom. The summed E-state index contributed by atoms with van der Waals surface area (Å²) in [6.07, 6.45) is 1.64. The molecule has 0 aromatic carbocycles. The van der Waals surface area contributed by atoms with Gasteiger partial charge in [-0.15, -0.1) is 0 Å². The number of hydrogen-bond acceptors (Lipinski definition) is 4. The Labute approximate surface area is 97.6 Å². The van der Waals surface area contributed by atoms with Crippen LogP contribution in [0.15, 0.2) is 6.33 Å². The minimum absolute atomic E-state index is 0.269. The van der Waals surface area contributed by atoms with Gasteiger partial charge < -0.3 is 4.74 Å². The van der Waals surface area contributed by atoms with E-state index in [-0.39, 0.29) is 22.2 Å². The predicted molar refractivity (Wildman–Crippen MR) is 56.9 cm³/mol. The molecule has 4 nitrogen and oxygen atoms in total. The van der Waals surface area contributed by atoms with E-state index in [9.17, 15) is 4.79 Å². The number of carbonyl (C=O) groups is 1. The average molecular weight is 249 g/mol. The van der Waals surface area contributed by atoms with Crippen molar-refractivity contribution in [2.45, 2.75) is 13.3 Å². The largest absolute Gasteiger partial charge is 0.469 e. The van der Waals surface area contributed by atoms with Crippen molar-refractivity contribution in [1.82, 2.24) is 9.97 Å². The van der Waals surface area contributed by atoms with Crippen LogP contribution in [0.1, 0.15) is 12.5 Å². The summed E-state index contributed by atoms with van der Waals surface area (Å²) in [6, 6.07) is 0. The molecule has 1 aromatic rings. The molecule has 1 rings (SSSR count). The molecular formula is C9H10Cl2N2O2. The van der Waals surface area contributed by atoms with E-state index in [4.69, 9.17) is 23.2 Å². The van der Waals surface area contributed by atoms with Crippen LogP contribution in [0.3, 0.4) is 0 Å². The zero-order valence-electron chi connectivity index (χ0n) is 8.33. The quantitative estimate of drug-likeness (QED) is 0.608. The molecule has 0 N–H and O–H groups in total. The Morgan fingerprint density at radius 1 is 1.47 bits per heavy atom. The van der Waals surface area contributed by atoms with Crippen LogP contribution < -0.4 is 0 Å². The molecule has 0 amide bonds. The fourth-order valence-corrected chi connectivity index (χ4v) is 1.60. The minimum atomic E-state index is -0.323. The summed E-state index contributed by atoms with van der Waals surface area (Å²) in [5.41, 5.74) is 0.568. The zero-order valence-corrected chi connectivity index (χ0v) is 9.84. The van der Waals surface area contributed by atoms with Gasteiger partial charge in [0.05, 0.1) is 13.0 Å². The lowest BCUT2D eigenvalue weighted by Crippen LogP contribution is -2.16. The molecule has 1 aromatic heterocycles. The third-order valence-electron chi connectivity index (χ3n) is 1.95. The molecule has 1 heterocycles. The number of methoxy groups -OCH3 is 1. The second kappa shape index (κ2) is 5.28. The lowest BCUT2D eigenvalue weighted by Gasteiger charge is -2.10. The Kier molecular flexibility index (Phi) is 4.29. The van der Waals surface area contributed by atoms with Gasteiger partial charge in [-0.3, -0.25) is 4.79 Å². The standard InChI is InChI=1S/C9H10Cl2N2O2/c1-5(9(14)15-2)3-6-7(10)12-4-13-8(6)11/h4-5H,3H2,1-2H3. The summed E-state index contributed by atoms with van der Waals surface area (Å²) >= 11 is 11.7. The van der Waals surface area contributed by atoms with Gasteiger partial charge in [0.2, 0.25) is 0 Å². The molecule has 1 atom stereocenters. The van der Waals surface area contributed by atoms with E-state index >= 15 is 0 Å². The molecule has 0 aliphatic heterocycles. The molecule has 0 saturated heterocycles. The fraction of sp³-hybridized carbons (Fsp3) is 0.444. The summed E-state index contributed by atoms with van der Waals surface area (Å²) < 4.78 is 4.60. The Hall–Kier alpha value is -0.870. The van der Waals surface area contributed by atoms with E-state index in [1.807, 2.05) is 0 Å². The van der Waals surface area contributed by atoms with E-state index in [1.54, 1.807) is 6.92 Å². The maximum Gasteiger partial charge on any atom is 0.308 e. The van der Waals surface area contributed by atoms with Gasteiger partial charge in [-0.05, 0) is 6.42 Å². The zero-order chi connectivity index (χ0) is 11.4. The number of esters is 1. The van der Waals surface area contributed by atoms with Crippen molar-refractivity contribution >= 4 is 29.2 Å². The van der Waals surface area contributed by atoms with Gasteiger partial charge in [0.15, 0.2) is 0 Å². The minimum Gasteiger partial charge on any atom is -0.469 e. The Balaban J connectivity index is 2.85. The second-order valence-electron chi connectivity index (χ2n) is 3.06. The number of nitrogens with zero attached hydrogens (tertiary/aromatic N) is 2. The first-order valence-electron chi connectivity index (χ1n) is 4.29. The highest BCUT2D eigenvalue weighted by Gasteiger charge is 2.18. The van der Waals surface area contributed by atoms with Crippen molar-refractivity contribution in [1.29, 1.82) is 0 Å². The normalized spacial score (nSPS) is 12.3. The molecule has 0 aliphatic carbocycles. The van der Waals surface area contributed by atoms with Gasteiger partial charge in [-0.2, -0.15) is 0 Å². The maximum atomic E-state index is 11.2. The Morgan fingerprint density at radius 2 is 2.00 bits per heavy atom. The molecule has 82 valence electrons. The first-order chi connectivity index (χ1) is 7.06. The molecule has 0 spiro atoms. The van der Waals surface area contributed by atoms with E-state index in [2.05, 4.69) is 14.7 Å². The molecule has 15 heavy (non-hydrogen) atoms. The van der Waals surface area contributed by atoms with Crippen LogP contribution in [0.5, 0.6) is 0 Å². The van der Waals surface area contributed by atoms with Crippen molar-refractivity contribution in [2.75, 3.05) is 7.11 Å². The summed E-state index contributed by atoms with van der Waals surface area (Å²) in [5, 5.41) is 0.538. The molecule has 1 unspecified atom stereocenters. The lowest BCUT2D eigenvalue weighted by molar-refractivity contribution is -0.144. The monoisotopic (exact) mass is 248 g/mol. The van der Waals surface area contributed by atoms with Crippen molar-refractivity contribution in [3.63, 3.8) is 0 Å². The van der Waals surface area contributed by atoms with Crippen molar-refractivity contribution in [2.24, 2.45) is 5.92 Å². The van der Waals surface area contributed by atoms with Crippen LogP contribution in [0.25, 0.3) is 0 Å². The average Bonchev–Trinajstić information content (AvgIpc) is 2.22. The third-order valence-corrected chi connectivity index (χ3v) is 2.61. The topological polar surface area (TPSA) is 52.1 Å². The second-order valence-corrected chi connectivity index (χ2v) is 3.78. The van der Waals surface area contributed by atoms with Crippen LogP contribution in [-0.4, -0.2) is 23.0 Å². The van der Waals surface area contributed by atoms with Crippen molar-refractivity contribution < 1.29 is 9.53 Å². The SMILES string of the molecule is COC(=O)C(C)Cc1c(Cl)ncnc1Cl. The lowest BCUT2D eigenvalue weighted by atomic mass is 10.0. The summed E-state index contributed by atoms with van der Waals surface area (Å²) in [6.45, 7) is 1.73. The molecule has 0 fully saturated rings. The number of ether oxygens (including phenoxy) is 1. The van der Waals surface area contributed by atoms with Crippen LogP contribution in [-0.2, 0) is 16.0 Å². The van der Waals surface area contributed by atoms with Crippen molar-refractivity contribution in [3.05, 3.63) is 22.2 Å². The van der Waals surface area contributed by atoms with Gasteiger partial charge >= 0.3 is 5.97 Å². The highest BCUT2D eigenvalue weighted by molar-refractivity contribution is 6.34. The molecule has 0 bridgehead atoms. The fourth-order valence-electron chi connectivity index (χ4n) is 1.13.